The van der Waals surface area contributed by atoms with Crippen LogP contribution in [0.4, 0.5) is 5.13 Å². The molecule has 0 amide bonds. The summed E-state index contributed by atoms with van der Waals surface area (Å²) in [6.45, 7) is 0.836. The van der Waals surface area contributed by atoms with E-state index in [2.05, 4.69) is 58.4 Å². The van der Waals surface area contributed by atoms with Crippen LogP contribution >= 0.6 is 11.3 Å². The predicted octanol–water partition coefficient (Wildman–Crippen LogP) is 4.09. The zero-order valence-corrected chi connectivity index (χ0v) is 13.6. The third-order valence-corrected chi connectivity index (χ3v) is 4.73. The van der Waals surface area contributed by atoms with E-state index < -0.39 is 0 Å². The molecule has 2 heterocycles. The summed E-state index contributed by atoms with van der Waals surface area (Å²) in [6.07, 6.45) is 1.99. The van der Waals surface area contributed by atoms with Gasteiger partial charge in [0.05, 0.1) is 11.9 Å². The topological polar surface area (TPSA) is 33.4 Å². The van der Waals surface area contributed by atoms with Crippen LogP contribution in [0.1, 0.15) is 5.56 Å². The van der Waals surface area contributed by atoms with E-state index in [1.807, 2.05) is 35.0 Å². The van der Waals surface area contributed by atoms with Crippen molar-refractivity contribution >= 4 is 21.4 Å². The maximum Gasteiger partial charge on any atom is 0.214 e. The summed E-state index contributed by atoms with van der Waals surface area (Å²) in [4.78, 5) is 7.75. The van der Waals surface area contributed by atoms with Crippen LogP contribution in [0.15, 0.2) is 66.9 Å². The number of fused-ring (bicyclic) bond motifs is 1. The van der Waals surface area contributed by atoms with Gasteiger partial charge in [0.1, 0.15) is 0 Å². The second-order valence-corrected chi connectivity index (χ2v) is 6.38. The van der Waals surface area contributed by atoms with E-state index in [0.29, 0.717) is 0 Å². The summed E-state index contributed by atoms with van der Waals surface area (Å²) in [5.74, 6) is 0. The van der Waals surface area contributed by atoms with Crippen LogP contribution in [0.5, 0.6) is 0 Å². The number of aromatic nitrogens is 3. The second kappa shape index (κ2) is 5.85. The fourth-order valence-corrected chi connectivity index (χ4v) is 3.36. The predicted molar refractivity (Wildman–Crippen MR) is 94.8 cm³/mol. The lowest BCUT2D eigenvalue weighted by atomic mass is 10.2. The van der Waals surface area contributed by atoms with Crippen molar-refractivity contribution in [3.05, 3.63) is 72.4 Å². The molecule has 2 aromatic heterocycles. The van der Waals surface area contributed by atoms with E-state index in [4.69, 9.17) is 0 Å². The van der Waals surface area contributed by atoms with E-state index in [1.165, 1.54) is 5.56 Å². The summed E-state index contributed by atoms with van der Waals surface area (Å²) >= 11 is 1.61. The zero-order chi connectivity index (χ0) is 15.6. The molecule has 0 radical (unpaired) electrons. The van der Waals surface area contributed by atoms with Gasteiger partial charge in [0, 0.05) is 19.2 Å². The Labute approximate surface area is 138 Å². The fraction of sp³-hybridized carbons (Fsp3) is 0.111. The Balaban J connectivity index is 1.59. The SMILES string of the molecule is CN(Cc1ccccc1)c1nn2cc(-c3ccccc3)nc2s1. The van der Waals surface area contributed by atoms with Gasteiger partial charge in [-0.1, -0.05) is 72.0 Å². The number of nitrogens with zero attached hydrogens (tertiary/aromatic N) is 4. The van der Waals surface area contributed by atoms with Gasteiger partial charge in [-0.25, -0.2) is 9.50 Å². The molecule has 0 aliphatic heterocycles. The highest BCUT2D eigenvalue weighted by atomic mass is 32.1. The van der Waals surface area contributed by atoms with Gasteiger partial charge in [-0.2, -0.15) is 0 Å². The second-order valence-electron chi connectivity index (χ2n) is 5.45. The maximum atomic E-state index is 4.69. The van der Waals surface area contributed by atoms with Crippen molar-refractivity contribution in [1.82, 2.24) is 14.6 Å². The summed E-state index contributed by atoms with van der Waals surface area (Å²) < 4.78 is 1.86. The van der Waals surface area contributed by atoms with Crippen molar-refractivity contribution in [1.29, 1.82) is 0 Å². The van der Waals surface area contributed by atoms with Crippen LogP contribution in [-0.4, -0.2) is 21.6 Å². The van der Waals surface area contributed by atoms with Crippen molar-refractivity contribution in [2.45, 2.75) is 6.54 Å². The van der Waals surface area contributed by atoms with Crippen molar-refractivity contribution in [3.8, 4) is 11.3 Å². The van der Waals surface area contributed by atoms with Gasteiger partial charge >= 0.3 is 0 Å². The molecule has 0 aliphatic rings. The van der Waals surface area contributed by atoms with E-state index in [1.54, 1.807) is 11.3 Å². The molecule has 0 aliphatic carbocycles. The van der Waals surface area contributed by atoms with Crippen LogP contribution in [0, 0.1) is 0 Å². The van der Waals surface area contributed by atoms with E-state index >= 15 is 0 Å². The molecule has 0 N–H and O–H groups in total. The standard InChI is InChI=1S/C18H16N4S/c1-21(12-14-8-4-2-5-9-14)18-20-22-13-16(19-17(22)23-18)15-10-6-3-7-11-15/h2-11,13H,12H2,1H3. The summed E-state index contributed by atoms with van der Waals surface area (Å²) in [6, 6.07) is 20.6. The van der Waals surface area contributed by atoms with Crippen molar-refractivity contribution in [2.75, 3.05) is 11.9 Å². The zero-order valence-electron chi connectivity index (χ0n) is 12.8. The van der Waals surface area contributed by atoms with Crippen LogP contribution in [0.3, 0.4) is 0 Å². The lowest BCUT2D eigenvalue weighted by Crippen LogP contribution is -2.16. The van der Waals surface area contributed by atoms with Crippen molar-refractivity contribution < 1.29 is 0 Å². The van der Waals surface area contributed by atoms with Gasteiger partial charge in [0.2, 0.25) is 10.1 Å². The highest BCUT2D eigenvalue weighted by molar-refractivity contribution is 7.20. The first kappa shape index (κ1) is 14.0. The van der Waals surface area contributed by atoms with E-state index in [9.17, 15) is 0 Å². The lowest BCUT2D eigenvalue weighted by molar-refractivity contribution is 0.870. The van der Waals surface area contributed by atoms with Gasteiger partial charge in [0.15, 0.2) is 0 Å². The molecule has 2 aromatic carbocycles. The Morgan fingerprint density at radius 3 is 2.39 bits per heavy atom. The highest BCUT2D eigenvalue weighted by Crippen LogP contribution is 2.26. The molecule has 0 unspecified atom stereocenters. The van der Waals surface area contributed by atoms with Crippen LogP contribution < -0.4 is 4.90 Å². The fourth-order valence-electron chi connectivity index (χ4n) is 2.52. The monoisotopic (exact) mass is 320 g/mol. The highest BCUT2D eigenvalue weighted by Gasteiger charge is 2.12. The number of rotatable bonds is 4. The number of hydrogen-bond acceptors (Lipinski definition) is 4. The Morgan fingerprint density at radius 1 is 1.00 bits per heavy atom. The molecule has 5 heteroatoms. The largest absolute Gasteiger partial charge is 0.345 e. The van der Waals surface area contributed by atoms with Crippen LogP contribution in [0.25, 0.3) is 16.2 Å². The third-order valence-electron chi connectivity index (χ3n) is 3.69. The molecule has 0 bridgehead atoms. The third kappa shape index (κ3) is 2.83. The number of anilines is 1. The summed E-state index contributed by atoms with van der Waals surface area (Å²) in [5.41, 5.74) is 3.35. The van der Waals surface area contributed by atoms with Gasteiger partial charge in [-0.15, -0.1) is 5.10 Å². The average Bonchev–Trinajstić information content (AvgIpc) is 3.15. The molecule has 4 aromatic rings. The van der Waals surface area contributed by atoms with Gasteiger partial charge in [0.25, 0.3) is 0 Å². The van der Waals surface area contributed by atoms with Gasteiger partial charge in [-0.05, 0) is 5.56 Å². The number of hydrogen-bond donors (Lipinski definition) is 0. The van der Waals surface area contributed by atoms with Crippen molar-refractivity contribution in [3.63, 3.8) is 0 Å². The molecule has 0 fully saturated rings. The molecule has 4 nitrogen and oxygen atoms in total. The quantitative estimate of drug-likeness (QED) is 0.568. The minimum absolute atomic E-state index is 0.836. The first-order chi connectivity index (χ1) is 11.3. The first-order valence-electron chi connectivity index (χ1n) is 7.46. The molecule has 4 rings (SSSR count). The Kier molecular flexibility index (Phi) is 3.55. The molecule has 23 heavy (non-hydrogen) atoms. The molecular weight excluding hydrogens is 304 g/mol. The molecular formula is C18H16N4S. The smallest absolute Gasteiger partial charge is 0.214 e. The maximum absolute atomic E-state index is 4.69. The summed E-state index contributed by atoms with van der Waals surface area (Å²) in [7, 11) is 2.06. The Bertz CT molecular complexity index is 881. The molecule has 0 saturated heterocycles. The van der Waals surface area contributed by atoms with Crippen molar-refractivity contribution in [2.24, 2.45) is 0 Å². The lowest BCUT2D eigenvalue weighted by Gasteiger charge is -2.14. The van der Waals surface area contributed by atoms with Crippen LogP contribution in [0.2, 0.25) is 0 Å². The molecule has 0 saturated carbocycles. The normalized spacial score (nSPS) is 11.0. The Hall–Kier alpha value is -2.66. The van der Waals surface area contributed by atoms with E-state index in [-0.39, 0.29) is 0 Å². The van der Waals surface area contributed by atoms with E-state index in [0.717, 1.165) is 27.9 Å². The minimum Gasteiger partial charge on any atom is -0.345 e. The summed E-state index contributed by atoms with van der Waals surface area (Å²) in [5, 5.41) is 5.62. The Morgan fingerprint density at radius 2 is 1.70 bits per heavy atom. The number of imidazole rings is 1. The molecule has 0 atom stereocenters. The van der Waals surface area contributed by atoms with Gasteiger partial charge in [-0.3, -0.25) is 0 Å². The minimum atomic E-state index is 0.836. The molecule has 0 spiro atoms. The average molecular weight is 320 g/mol. The first-order valence-corrected chi connectivity index (χ1v) is 8.28. The van der Waals surface area contributed by atoms with Gasteiger partial charge < -0.3 is 4.90 Å². The number of benzene rings is 2. The molecule has 114 valence electrons. The van der Waals surface area contributed by atoms with Crippen LogP contribution in [-0.2, 0) is 6.54 Å².